The van der Waals surface area contributed by atoms with E-state index < -0.39 is 0 Å². The van der Waals surface area contributed by atoms with Gasteiger partial charge in [0.15, 0.2) is 12.4 Å². The van der Waals surface area contributed by atoms with Crippen LogP contribution in [0.5, 0.6) is 0 Å². The van der Waals surface area contributed by atoms with Crippen molar-refractivity contribution in [2.24, 2.45) is 0 Å². The average Bonchev–Trinajstić information content (AvgIpc) is 2.88. The van der Waals surface area contributed by atoms with Gasteiger partial charge in [0.05, 0.1) is 0 Å². The summed E-state index contributed by atoms with van der Waals surface area (Å²) in [5.41, 5.74) is 2.00. The molecule has 0 atom stereocenters. The minimum absolute atomic E-state index is 0.203. The molecular formula is C14H16BrNO3. The Bertz CT molecular complexity index is 454. The number of nitrogens with one attached hydrogen (secondary N) is 1. The van der Waals surface area contributed by atoms with Crippen molar-refractivity contribution in [1.82, 2.24) is 5.32 Å². The third kappa shape index (κ3) is 6.31. The second kappa shape index (κ2) is 8.61. The van der Waals surface area contributed by atoms with Crippen LogP contribution in [0.2, 0.25) is 0 Å². The molecule has 0 fully saturated rings. The van der Waals surface area contributed by atoms with Gasteiger partial charge in [0.2, 0.25) is 0 Å². The Morgan fingerprint density at radius 3 is 2.53 bits per heavy atom. The molecule has 0 spiro atoms. The molecule has 0 radical (unpaired) electrons. The minimum Gasteiger partial charge on any atom is -0.459 e. The molecule has 1 aliphatic rings. The molecule has 0 amide bonds. The molecule has 0 saturated heterocycles. The Kier molecular flexibility index (Phi) is 7.07. The third-order valence-electron chi connectivity index (χ3n) is 2.45. The lowest BCUT2D eigenvalue weighted by atomic mass is 10.1. The lowest BCUT2D eigenvalue weighted by Gasteiger charge is -1.98. The quantitative estimate of drug-likeness (QED) is 0.524. The van der Waals surface area contributed by atoms with Crippen molar-refractivity contribution in [3.63, 3.8) is 0 Å². The summed E-state index contributed by atoms with van der Waals surface area (Å²) in [6, 6.07) is 6.85. The van der Waals surface area contributed by atoms with E-state index in [0.29, 0.717) is 5.56 Å². The van der Waals surface area contributed by atoms with Gasteiger partial charge in [-0.1, -0.05) is 39.7 Å². The molecule has 0 unspecified atom stereocenters. The van der Waals surface area contributed by atoms with Crippen molar-refractivity contribution < 1.29 is 14.3 Å². The molecule has 1 aromatic rings. The summed E-state index contributed by atoms with van der Waals surface area (Å²) >= 11 is 3.25. The number of ether oxygens (including phenoxy) is 1. The number of benzene rings is 1. The number of ketones is 1. The van der Waals surface area contributed by atoms with Crippen LogP contribution in [-0.2, 0) is 9.53 Å². The van der Waals surface area contributed by atoms with Gasteiger partial charge in [0.25, 0.3) is 6.47 Å². The zero-order valence-corrected chi connectivity index (χ0v) is 12.3. The van der Waals surface area contributed by atoms with E-state index in [9.17, 15) is 9.59 Å². The molecule has 2 rings (SSSR count). The molecule has 1 N–H and O–H groups in total. The Morgan fingerprint density at radius 1 is 1.42 bits per heavy atom. The highest BCUT2D eigenvalue weighted by Gasteiger charge is 2.04. The predicted octanol–water partition coefficient (Wildman–Crippen LogP) is 2.34. The largest absolute Gasteiger partial charge is 0.459 e. The van der Waals surface area contributed by atoms with Crippen LogP contribution in [0.25, 0.3) is 0 Å². The second-order valence-corrected chi connectivity index (χ2v) is 4.93. The van der Waals surface area contributed by atoms with Crippen molar-refractivity contribution in [3.8, 4) is 0 Å². The van der Waals surface area contributed by atoms with E-state index in [1.807, 2.05) is 0 Å². The summed E-state index contributed by atoms with van der Waals surface area (Å²) in [6.45, 7) is 4.37. The van der Waals surface area contributed by atoms with E-state index in [1.165, 1.54) is 5.57 Å². The molecule has 102 valence electrons. The summed E-state index contributed by atoms with van der Waals surface area (Å²) in [5, 5.41) is 3.18. The summed E-state index contributed by atoms with van der Waals surface area (Å²) in [7, 11) is 0. The van der Waals surface area contributed by atoms with Gasteiger partial charge in [0.1, 0.15) is 0 Å². The van der Waals surface area contributed by atoms with Gasteiger partial charge >= 0.3 is 0 Å². The Morgan fingerprint density at radius 2 is 2.11 bits per heavy atom. The highest BCUT2D eigenvalue weighted by Crippen LogP contribution is 2.10. The smallest absolute Gasteiger partial charge is 0.293 e. The van der Waals surface area contributed by atoms with E-state index in [4.69, 9.17) is 0 Å². The van der Waals surface area contributed by atoms with E-state index in [1.54, 1.807) is 24.3 Å². The Labute approximate surface area is 121 Å². The van der Waals surface area contributed by atoms with Crippen LogP contribution in [0.3, 0.4) is 0 Å². The number of Topliss-reactive ketones (excluding diaryl/α,β-unsaturated/α-hetero) is 1. The SMILES string of the molecule is CC1=CCNC1.O=COCC(=O)c1ccc(Br)cc1. The third-order valence-corrected chi connectivity index (χ3v) is 2.98. The van der Waals surface area contributed by atoms with Gasteiger partial charge in [-0.15, -0.1) is 0 Å². The fraction of sp³-hybridized carbons (Fsp3) is 0.286. The molecule has 5 heteroatoms. The first kappa shape index (κ1) is 15.6. The fourth-order valence-electron chi connectivity index (χ4n) is 1.42. The topological polar surface area (TPSA) is 55.4 Å². The molecule has 0 aliphatic carbocycles. The van der Waals surface area contributed by atoms with Crippen LogP contribution in [0, 0.1) is 0 Å². The average molecular weight is 326 g/mol. The Balaban J connectivity index is 0.000000250. The molecule has 0 saturated carbocycles. The molecule has 0 aromatic heterocycles. The molecule has 19 heavy (non-hydrogen) atoms. The van der Waals surface area contributed by atoms with Crippen LogP contribution >= 0.6 is 15.9 Å². The number of hydrogen-bond donors (Lipinski definition) is 1. The summed E-state index contributed by atoms with van der Waals surface area (Å²) in [6.07, 6.45) is 2.21. The number of carbonyl (C=O) groups is 2. The van der Waals surface area contributed by atoms with Gasteiger partial charge < -0.3 is 10.1 Å². The first-order valence-electron chi connectivity index (χ1n) is 5.84. The highest BCUT2D eigenvalue weighted by molar-refractivity contribution is 9.10. The van der Waals surface area contributed by atoms with Crippen molar-refractivity contribution in [2.45, 2.75) is 6.92 Å². The molecule has 1 heterocycles. The maximum atomic E-state index is 11.2. The predicted molar refractivity (Wildman–Crippen MR) is 77.1 cm³/mol. The molecular weight excluding hydrogens is 310 g/mol. The minimum atomic E-state index is -0.209. The maximum Gasteiger partial charge on any atom is 0.293 e. The normalized spacial score (nSPS) is 13.1. The van der Waals surface area contributed by atoms with E-state index >= 15 is 0 Å². The fourth-order valence-corrected chi connectivity index (χ4v) is 1.68. The van der Waals surface area contributed by atoms with Crippen molar-refractivity contribution in [2.75, 3.05) is 19.7 Å². The van der Waals surface area contributed by atoms with Gasteiger partial charge in [0, 0.05) is 23.1 Å². The van der Waals surface area contributed by atoms with Crippen LogP contribution in [0.1, 0.15) is 17.3 Å². The molecule has 1 aliphatic heterocycles. The lowest BCUT2D eigenvalue weighted by Crippen LogP contribution is -2.07. The summed E-state index contributed by atoms with van der Waals surface area (Å²) < 4.78 is 5.24. The van der Waals surface area contributed by atoms with Crippen molar-refractivity contribution in [1.29, 1.82) is 0 Å². The van der Waals surface area contributed by atoms with E-state index in [0.717, 1.165) is 17.6 Å². The van der Waals surface area contributed by atoms with Crippen molar-refractivity contribution >= 4 is 28.2 Å². The monoisotopic (exact) mass is 325 g/mol. The standard InChI is InChI=1S/C9H7BrO3.C5H9N/c10-8-3-1-7(2-4-8)9(12)5-13-6-11;1-5-2-3-6-4-5/h1-4,6H,5H2;2,6H,3-4H2,1H3. The zero-order chi connectivity index (χ0) is 14.1. The lowest BCUT2D eigenvalue weighted by molar-refractivity contribution is -0.127. The molecule has 0 bridgehead atoms. The first-order valence-corrected chi connectivity index (χ1v) is 6.63. The number of hydrogen-bond acceptors (Lipinski definition) is 4. The maximum absolute atomic E-state index is 11.2. The van der Waals surface area contributed by atoms with Gasteiger partial charge in [-0.25, -0.2) is 0 Å². The number of rotatable bonds is 4. The van der Waals surface area contributed by atoms with Gasteiger partial charge in [-0.05, 0) is 19.1 Å². The van der Waals surface area contributed by atoms with Crippen LogP contribution in [0.15, 0.2) is 40.4 Å². The summed E-state index contributed by atoms with van der Waals surface area (Å²) in [4.78, 5) is 21.0. The second-order valence-electron chi connectivity index (χ2n) is 4.02. The number of halogens is 1. The van der Waals surface area contributed by atoms with Crippen LogP contribution in [-0.4, -0.2) is 32.0 Å². The molecule has 4 nitrogen and oxygen atoms in total. The molecule has 1 aromatic carbocycles. The van der Waals surface area contributed by atoms with Crippen LogP contribution in [0.4, 0.5) is 0 Å². The van der Waals surface area contributed by atoms with E-state index in [-0.39, 0.29) is 18.9 Å². The number of carbonyl (C=O) groups excluding carboxylic acids is 2. The zero-order valence-electron chi connectivity index (χ0n) is 10.7. The van der Waals surface area contributed by atoms with Gasteiger partial charge in [-0.3, -0.25) is 9.59 Å². The van der Waals surface area contributed by atoms with E-state index in [2.05, 4.69) is 39.0 Å². The first-order chi connectivity index (χ1) is 9.13. The van der Waals surface area contributed by atoms with Crippen molar-refractivity contribution in [3.05, 3.63) is 46.0 Å². The summed E-state index contributed by atoms with van der Waals surface area (Å²) in [5.74, 6) is -0.209. The highest BCUT2D eigenvalue weighted by atomic mass is 79.9. The van der Waals surface area contributed by atoms with Gasteiger partial charge in [-0.2, -0.15) is 0 Å². The van der Waals surface area contributed by atoms with Crippen LogP contribution < -0.4 is 5.32 Å². The Hall–Kier alpha value is -1.46.